The zero-order valence-corrected chi connectivity index (χ0v) is 7.28. The molecule has 2 heteroatoms. The number of nitrogens with one attached hydrogen (secondary N) is 1. The maximum atomic E-state index is 7.03. The van der Waals surface area contributed by atoms with E-state index in [0.29, 0.717) is 0 Å². The zero-order valence-electron chi connectivity index (χ0n) is 7.28. The average molecular weight is 152 g/mol. The maximum absolute atomic E-state index is 7.03. The summed E-state index contributed by atoms with van der Waals surface area (Å²) in [6.07, 6.45) is 1.78. The lowest BCUT2D eigenvalue weighted by Gasteiger charge is -2.00. The molecule has 0 amide bonds. The highest BCUT2D eigenvalue weighted by Crippen LogP contribution is 2.04. The molecule has 0 bridgehead atoms. The molecule has 0 aliphatic carbocycles. The van der Waals surface area contributed by atoms with Crippen LogP contribution in [-0.4, -0.2) is 5.84 Å². The summed E-state index contributed by atoms with van der Waals surface area (Å²) in [4.78, 5) is 0. The normalized spacial score (nSPS) is 9.45. The Morgan fingerprint density at radius 1 is 1.45 bits per heavy atom. The molecule has 0 heterocycles. The molecule has 0 spiro atoms. The molecular weight excluding hydrogens is 136 g/mol. The number of nitrogens with two attached hydrogens (primary N) is 1. The van der Waals surface area contributed by atoms with Crippen LogP contribution in [0.2, 0.25) is 0 Å². The monoisotopic (exact) mass is 152 g/mol. The molecule has 0 aromatic rings. The van der Waals surface area contributed by atoms with Crippen molar-refractivity contribution in [2.24, 2.45) is 5.73 Å². The Kier molecular flexibility index (Phi) is 7.66. The first-order valence-electron chi connectivity index (χ1n) is 3.26. The summed E-state index contributed by atoms with van der Waals surface area (Å²) in [5, 5.41) is 7.03. The minimum Gasteiger partial charge on any atom is -0.384 e. The van der Waals surface area contributed by atoms with Gasteiger partial charge in [-0.25, -0.2) is 0 Å². The molecule has 0 atom stereocenters. The summed E-state index contributed by atoms with van der Waals surface area (Å²) in [6.45, 7) is 13.3. The topological polar surface area (TPSA) is 49.9 Å². The number of amidine groups is 1. The van der Waals surface area contributed by atoms with Crippen molar-refractivity contribution in [1.29, 1.82) is 5.41 Å². The van der Waals surface area contributed by atoms with Gasteiger partial charge in [0.05, 0.1) is 0 Å². The number of allylic oxidation sites excluding steroid dienone is 1. The van der Waals surface area contributed by atoms with Crippen LogP contribution in [0.25, 0.3) is 0 Å². The van der Waals surface area contributed by atoms with E-state index in [-0.39, 0.29) is 5.84 Å². The van der Waals surface area contributed by atoms with Crippen molar-refractivity contribution in [3.63, 3.8) is 0 Å². The van der Waals surface area contributed by atoms with Crippen molar-refractivity contribution in [3.05, 3.63) is 37.0 Å². The molecule has 0 aromatic heterocycles. The van der Waals surface area contributed by atoms with E-state index in [9.17, 15) is 0 Å². The summed E-state index contributed by atoms with van der Waals surface area (Å²) < 4.78 is 0. The average Bonchev–Trinajstić information content (AvgIpc) is 1.91. The predicted molar refractivity (Wildman–Crippen MR) is 51.7 cm³/mol. The molecule has 62 valence electrons. The summed E-state index contributed by atoms with van der Waals surface area (Å²) in [5.41, 5.74) is 6.77. The van der Waals surface area contributed by atoms with Gasteiger partial charge in [-0.1, -0.05) is 12.7 Å². The molecule has 0 aromatic carbocycles. The highest BCUT2D eigenvalue weighted by molar-refractivity contribution is 5.98. The van der Waals surface area contributed by atoms with Crippen LogP contribution in [0.15, 0.2) is 37.0 Å². The first-order chi connectivity index (χ1) is 5.09. The van der Waals surface area contributed by atoms with Crippen LogP contribution in [-0.2, 0) is 0 Å². The molecule has 0 saturated carbocycles. The molecule has 3 N–H and O–H groups in total. The lowest BCUT2D eigenvalue weighted by molar-refractivity contribution is 1.37. The Hall–Kier alpha value is -1.31. The third kappa shape index (κ3) is 5.15. The van der Waals surface area contributed by atoms with Gasteiger partial charge < -0.3 is 5.73 Å². The van der Waals surface area contributed by atoms with Crippen molar-refractivity contribution < 1.29 is 0 Å². The molecule has 0 aliphatic heterocycles. The van der Waals surface area contributed by atoms with Crippen LogP contribution >= 0.6 is 0 Å². The molecule has 0 radical (unpaired) electrons. The summed E-state index contributed by atoms with van der Waals surface area (Å²) in [7, 11) is 0. The molecular formula is C9H16N2. The number of hydrogen-bond donors (Lipinski definition) is 2. The van der Waals surface area contributed by atoms with E-state index in [4.69, 9.17) is 11.1 Å². The van der Waals surface area contributed by atoms with Gasteiger partial charge in [-0.15, -0.1) is 13.2 Å². The third-order valence-electron chi connectivity index (χ3n) is 1.04. The van der Waals surface area contributed by atoms with Gasteiger partial charge in [-0.2, -0.15) is 0 Å². The molecule has 0 rings (SSSR count). The molecule has 0 unspecified atom stereocenters. The second kappa shape index (κ2) is 6.81. The second-order valence-electron chi connectivity index (χ2n) is 1.90. The Bertz CT molecular complexity index is 162. The predicted octanol–water partition coefficient (Wildman–Crippen LogP) is 2.25. The van der Waals surface area contributed by atoms with E-state index >= 15 is 0 Å². The number of rotatable bonds is 2. The van der Waals surface area contributed by atoms with Crippen LogP contribution in [0.4, 0.5) is 0 Å². The zero-order chi connectivity index (χ0) is 9.44. The van der Waals surface area contributed by atoms with E-state index in [2.05, 4.69) is 19.7 Å². The minimum absolute atomic E-state index is 0.0880. The molecule has 0 aliphatic rings. The fraction of sp³-hybridized carbons (Fsp3) is 0.222. The molecule has 0 fully saturated rings. The lowest BCUT2D eigenvalue weighted by Crippen LogP contribution is -2.12. The molecule has 2 nitrogen and oxygen atoms in total. The maximum Gasteiger partial charge on any atom is 0.122 e. The van der Waals surface area contributed by atoms with Crippen LogP contribution in [0, 0.1) is 5.41 Å². The van der Waals surface area contributed by atoms with Gasteiger partial charge in [0.15, 0.2) is 0 Å². The van der Waals surface area contributed by atoms with E-state index in [1.54, 1.807) is 6.08 Å². The van der Waals surface area contributed by atoms with Crippen LogP contribution in [0.5, 0.6) is 0 Å². The van der Waals surface area contributed by atoms with Crippen LogP contribution < -0.4 is 5.73 Å². The Balaban J connectivity index is 0. The Labute approximate surface area is 68.6 Å². The highest BCUT2D eigenvalue weighted by atomic mass is 14.7. The van der Waals surface area contributed by atoms with Crippen molar-refractivity contribution in [2.45, 2.75) is 13.8 Å². The van der Waals surface area contributed by atoms with Crippen molar-refractivity contribution >= 4 is 5.84 Å². The smallest absolute Gasteiger partial charge is 0.122 e. The van der Waals surface area contributed by atoms with Crippen LogP contribution in [0.1, 0.15) is 13.8 Å². The third-order valence-corrected chi connectivity index (χ3v) is 1.04. The number of hydrogen-bond acceptors (Lipinski definition) is 1. The van der Waals surface area contributed by atoms with Gasteiger partial charge in [-0.3, -0.25) is 5.41 Å². The largest absolute Gasteiger partial charge is 0.384 e. The van der Waals surface area contributed by atoms with Crippen molar-refractivity contribution in [1.82, 2.24) is 0 Å². The van der Waals surface area contributed by atoms with Crippen molar-refractivity contribution in [2.75, 3.05) is 0 Å². The van der Waals surface area contributed by atoms with Gasteiger partial charge >= 0.3 is 0 Å². The summed E-state index contributed by atoms with van der Waals surface area (Å²) in [5.74, 6) is 0.0880. The van der Waals surface area contributed by atoms with Gasteiger partial charge in [0.25, 0.3) is 0 Å². The second-order valence-corrected chi connectivity index (χ2v) is 1.90. The standard InChI is InChI=1S/C7H12N2.C2H4/c1-4-6(5(2)3)7(8)9;1-2/h4H,2H2,1,3H3,(H3,8,9);1-2H2/b6-4+;. The fourth-order valence-electron chi connectivity index (χ4n) is 0.632. The SMILES string of the molecule is C=C.C=C(C)/C(=C\C)C(=N)N. The molecule has 0 saturated heterocycles. The first-order valence-corrected chi connectivity index (χ1v) is 3.26. The van der Waals surface area contributed by atoms with Gasteiger partial charge in [0.2, 0.25) is 0 Å². The van der Waals surface area contributed by atoms with E-state index in [1.165, 1.54) is 0 Å². The minimum atomic E-state index is 0.0880. The lowest BCUT2D eigenvalue weighted by atomic mass is 10.1. The quantitative estimate of drug-likeness (QED) is 0.271. The van der Waals surface area contributed by atoms with E-state index in [1.807, 2.05) is 13.8 Å². The van der Waals surface area contributed by atoms with E-state index < -0.39 is 0 Å². The van der Waals surface area contributed by atoms with Gasteiger partial charge in [0.1, 0.15) is 5.84 Å². The van der Waals surface area contributed by atoms with Crippen molar-refractivity contribution in [3.8, 4) is 0 Å². The van der Waals surface area contributed by atoms with Crippen LogP contribution in [0.3, 0.4) is 0 Å². The fourth-order valence-corrected chi connectivity index (χ4v) is 0.632. The Morgan fingerprint density at radius 2 is 1.82 bits per heavy atom. The Morgan fingerprint density at radius 3 is 1.82 bits per heavy atom. The summed E-state index contributed by atoms with van der Waals surface area (Å²) >= 11 is 0. The highest BCUT2D eigenvalue weighted by Gasteiger charge is 1.97. The first kappa shape index (κ1) is 12.4. The van der Waals surface area contributed by atoms with E-state index in [0.717, 1.165) is 11.1 Å². The van der Waals surface area contributed by atoms with Gasteiger partial charge in [-0.05, 0) is 19.4 Å². The van der Waals surface area contributed by atoms with Gasteiger partial charge in [0, 0.05) is 5.57 Å². The molecule has 11 heavy (non-hydrogen) atoms. The summed E-state index contributed by atoms with van der Waals surface area (Å²) in [6, 6.07) is 0.